The Hall–Kier alpha value is -1.68. The second-order valence-electron chi connectivity index (χ2n) is 5.58. The predicted molar refractivity (Wildman–Crippen MR) is 74.6 cm³/mol. The van der Waals surface area contributed by atoms with Gasteiger partial charge in [0.25, 0.3) is 0 Å². The molecular formula is C15H19N3O. The Morgan fingerprint density at radius 1 is 1.47 bits per heavy atom. The molecular weight excluding hydrogens is 238 g/mol. The summed E-state index contributed by atoms with van der Waals surface area (Å²) in [6.07, 6.45) is 6.04. The summed E-state index contributed by atoms with van der Waals surface area (Å²) in [5.74, 6) is 0.516. The van der Waals surface area contributed by atoms with Gasteiger partial charge in [0.05, 0.1) is 5.69 Å². The lowest BCUT2D eigenvalue weighted by Gasteiger charge is -2.19. The van der Waals surface area contributed by atoms with Gasteiger partial charge in [0.2, 0.25) is 0 Å². The van der Waals surface area contributed by atoms with E-state index >= 15 is 0 Å². The number of aromatic nitrogens is 2. The van der Waals surface area contributed by atoms with Gasteiger partial charge < -0.3 is 9.30 Å². The van der Waals surface area contributed by atoms with Crippen LogP contribution >= 0.6 is 0 Å². The number of pyridine rings is 1. The lowest BCUT2D eigenvalue weighted by atomic mass is 10.1. The summed E-state index contributed by atoms with van der Waals surface area (Å²) in [6, 6.07) is 4.26. The number of fused-ring (bicyclic) bond motifs is 1. The normalized spacial score (nSPS) is 20.5. The van der Waals surface area contributed by atoms with Crippen LogP contribution in [-0.4, -0.2) is 39.7 Å². The molecule has 4 nitrogen and oxygen atoms in total. The first kappa shape index (κ1) is 12.4. The largest absolute Gasteiger partial charge is 0.307 e. The Morgan fingerprint density at radius 2 is 2.32 bits per heavy atom. The Kier molecular flexibility index (Phi) is 3.11. The van der Waals surface area contributed by atoms with E-state index in [-0.39, 0.29) is 0 Å². The van der Waals surface area contributed by atoms with Crippen LogP contribution in [0.3, 0.4) is 0 Å². The maximum absolute atomic E-state index is 10.8. The van der Waals surface area contributed by atoms with E-state index in [0.29, 0.717) is 17.5 Å². The van der Waals surface area contributed by atoms with Gasteiger partial charge in [0.15, 0.2) is 0 Å². The Bertz CT molecular complexity index is 602. The number of carbonyl (C=O) groups is 1. The molecule has 0 spiro atoms. The molecule has 1 atom stereocenters. The van der Waals surface area contributed by atoms with Gasteiger partial charge in [-0.3, -0.25) is 4.79 Å². The third-order valence-corrected chi connectivity index (χ3v) is 4.01. The molecule has 3 heterocycles. The molecule has 0 N–H and O–H groups in total. The van der Waals surface area contributed by atoms with E-state index in [1.54, 1.807) is 0 Å². The average Bonchev–Trinajstić information content (AvgIpc) is 3.04. The van der Waals surface area contributed by atoms with Crippen LogP contribution in [0.1, 0.15) is 42.2 Å². The minimum atomic E-state index is 0.516. The number of likely N-dealkylation sites (tertiary alicyclic amines) is 1. The number of rotatable bonds is 3. The van der Waals surface area contributed by atoms with Crippen molar-refractivity contribution in [2.75, 3.05) is 13.1 Å². The van der Waals surface area contributed by atoms with E-state index in [1.807, 2.05) is 22.7 Å². The maximum Gasteiger partial charge on any atom is 0.150 e. The molecule has 2 aromatic rings. The van der Waals surface area contributed by atoms with Crippen molar-refractivity contribution in [1.29, 1.82) is 0 Å². The molecule has 1 fully saturated rings. The van der Waals surface area contributed by atoms with Crippen LogP contribution in [-0.2, 0) is 0 Å². The molecule has 1 aliphatic heterocycles. The molecule has 4 heteroatoms. The van der Waals surface area contributed by atoms with Crippen molar-refractivity contribution in [1.82, 2.24) is 14.3 Å². The molecule has 0 amide bonds. The number of nitrogens with zero attached hydrogens (tertiary/aromatic N) is 3. The highest BCUT2D eigenvalue weighted by Gasteiger charge is 2.27. The van der Waals surface area contributed by atoms with Crippen LogP contribution in [0, 0.1) is 0 Å². The van der Waals surface area contributed by atoms with E-state index in [2.05, 4.69) is 29.9 Å². The minimum absolute atomic E-state index is 0.516. The van der Waals surface area contributed by atoms with E-state index in [0.717, 1.165) is 30.7 Å². The van der Waals surface area contributed by atoms with E-state index in [1.165, 1.54) is 6.42 Å². The first-order valence-corrected chi connectivity index (χ1v) is 6.85. The first-order chi connectivity index (χ1) is 9.17. The number of carbonyl (C=O) groups excluding carboxylic acids is 1. The maximum atomic E-state index is 10.8. The van der Waals surface area contributed by atoms with Crippen LogP contribution in [0.5, 0.6) is 0 Å². The summed E-state index contributed by atoms with van der Waals surface area (Å²) in [4.78, 5) is 18.0. The van der Waals surface area contributed by atoms with Gasteiger partial charge in [-0.1, -0.05) is 0 Å². The van der Waals surface area contributed by atoms with Crippen LogP contribution in [0.2, 0.25) is 0 Å². The van der Waals surface area contributed by atoms with Gasteiger partial charge in [0, 0.05) is 36.5 Å². The highest BCUT2D eigenvalue weighted by Crippen LogP contribution is 2.27. The zero-order valence-corrected chi connectivity index (χ0v) is 11.4. The average molecular weight is 257 g/mol. The fourth-order valence-electron chi connectivity index (χ4n) is 2.79. The van der Waals surface area contributed by atoms with Crippen molar-refractivity contribution in [2.45, 2.75) is 32.2 Å². The number of hydrogen-bond donors (Lipinski definition) is 0. The smallest absolute Gasteiger partial charge is 0.150 e. The van der Waals surface area contributed by atoms with Crippen LogP contribution in [0.4, 0.5) is 0 Å². The fourth-order valence-corrected chi connectivity index (χ4v) is 2.79. The lowest BCUT2D eigenvalue weighted by molar-refractivity contribution is 0.112. The molecule has 3 rings (SSSR count). The van der Waals surface area contributed by atoms with Crippen LogP contribution in [0.25, 0.3) is 5.65 Å². The summed E-state index contributed by atoms with van der Waals surface area (Å²) in [5.41, 5.74) is 2.69. The Morgan fingerprint density at radius 3 is 3.00 bits per heavy atom. The van der Waals surface area contributed by atoms with Gasteiger partial charge in [-0.05, 0) is 38.9 Å². The number of imidazole rings is 1. The summed E-state index contributed by atoms with van der Waals surface area (Å²) in [7, 11) is 0. The molecule has 0 aromatic carbocycles. The molecule has 1 aliphatic rings. The fraction of sp³-hybridized carbons (Fsp3) is 0.467. The van der Waals surface area contributed by atoms with Crippen molar-refractivity contribution < 1.29 is 4.79 Å². The quantitative estimate of drug-likeness (QED) is 0.792. The molecule has 0 bridgehead atoms. The summed E-state index contributed by atoms with van der Waals surface area (Å²) >= 11 is 0. The molecule has 1 unspecified atom stereocenters. The lowest BCUT2D eigenvalue weighted by Crippen LogP contribution is -2.27. The number of hydrogen-bond acceptors (Lipinski definition) is 3. The van der Waals surface area contributed by atoms with Gasteiger partial charge >= 0.3 is 0 Å². The monoisotopic (exact) mass is 257 g/mol. The highest BCUT2D eigenvalue weighted by molar-refractivity contribution is 5.76. The molecule has 0 saturated carbocycles. The molecule has 1 saturated heterocycles. The van der Waals surface area contributed by atoms with Crippen LogP contribution in [0.15, 0.2) is 24.5 Å². The van der Waals surface area contributed by atoms with Crippen molar-refractivity contribution in [3.8, 4) is 0 Å². The van der Waals surface area contributed by atoms with E-state index < -0.39 is 0 Å². The molecule has 0 radical (unpaired) electrons. The molecule has 0 aliphatic carbocycles. The summed E-state index contributed by atoms with van der Waals surface area (Å²) in [6.45, 7) is 6.71. The van der Waals surface area contributed by atoms with Crippen molar-refractivity contribution in [2.24, 2.45) is 0 Å². The molecule has 2 aromatic heterocycles. The van der Waals surface area contributed by atoms with Crippen LogP contribution < -0.4 is 0 Å². The number of aldehydes is 1. The first-order valence-electron chi connectivity index (χ1n) is 6.85. The predicted octanol–water partition coefficient (Wildman–Crippen LogP) is 2.34. The van der Waals surface area contributed by atoms with Gasteiger partial charge in [-0.15, -0.1) is 0 Å². The van der Waals surface area contributed by atoms with Crippen molar-refractivity contribution >= 4 is 11.9 Å². The van der Waals surface area contributed by atoms with Gasteiger partial charge in [0.1, 0.15) is 11.9 Å². The summed E-state index contributed by atoms with van der Waals surface area (Å²) in [5, 5.41) is 0. The third kappa shape index (κ3) is 2.28. The minimum Gasteiger partial charge on any atom is -0.307 e. The zero-order valence-electron chi connectivity index (χ0n) is 11.4. The molecule has 19 heavy (non-hydrogen) atoms. The Balaban J connectivity index is 1.88. The second kappa shape index (κ2) is 4.78. The standard InChI is InChI=1S/C15H19N3O/c1-11(2)17-6-4-13(8-17)14-9-18-5-3-12(10-19)7-15(18)16-14/h3,5,7,9-11,13H,4,6,8H2,1-2H3. The van der Waals surface area contributed by atoms with Gasteiger partial charge in [-0.2, -0.15) is 0 Å². The SMILES string of the molecule is CC(C)N1CCC(c2cn3ccc(C=O)cc3n2)C1. The summed E-state index contributed by atoms with van der Waals surface area (Å²) < 4.78 is 2.00. The highest BCUT2D eigenvalue weighted by atomic mass is 16.1. The van der Waals surface area contributed by atoms with Crippen molar-refractivity contribution in [3.63, 3.8) is 0 Å². The Labute approximate surface area is 113 Å². The van der Waals surface area contributed by atoms with E-state index in [4.69, 9.17) is 0 Å². The third-order valence-electron chi connectivity index (χ3n) is 4.01. The van der Waals surface area contributed by atoms with Crippen molar-refractivity contribution in [3.05, 3.63) is 35.8 Å². The zero-order chi connectivity index (χ0) is 13.4. The molecule has 100 valence electrons. The van der Waals surface area contributed by atoms with E-state index in [9.17, 15) is 4.79 Å². The van der Waals surface area contributed by atoms with Gasteiger partial charge in [-0.25, -0.2) is 4.98 Å². The topological polar surface area (TPSA) is 37.6 Å². The second-order valence-corrected chi connectivity index (χ2v) is 5.58.